The van der Waals surface area contributed by atoms with Gasteiger partial charge >= 0.3 is 0 Å². The molecule has 0 saturated carbocycles. The van der Waals surface area contributed by atoms with Gasteiger partial charge in [0.2, 0.25) is 0 Å². The molecule has 0 fully saturated rings. The smallest absolute Gasteiger partial charge is 0.192 e. The first-order valence-electron chi connectivity index (χ1n) is 6.93. The molecule has 1 aromatic carbocycles. The standard InChI is InChI=1S/C17H16N2O3/c1-3-8-20-15-5-4-13(18-10-15)11-21-14-6-7-17-16(9-14)19-12(2)22-17/h3-7,9-10H,1,8,11H2,2H3. The van der Waals surface area contributed by atoms with E-state index in [0.717, 1.165) is 22.5 Å². The van der Waals surface area contributed by atoms with Crippen LogP contribution in [-0.4, -0.2) is 16.6 Å². The minimum Gasteiger partial charge on any atom is -0.488 e. The number of oxazole rings is 1. The highest BCUT2D eigenvalue weighted by atomic mass is 16.5. The largest absolute Gasteiger partial charge is 0.488 e. The van der Waals surface area contributed by atoms with E-state index in [1.807, 2.05) is 37.3 Å². The highest BCUT2D eigenvalue weighted by Gasteiger charge is 2.04. The van der Waals surface area contributed by atoms with Crippen LogP contribution in [0.5, 0.6) is 11.5 Å². The van der Waals surface area contributed by atoms with E-state index < -0.39 is 0 Å². The van der Waals surface area contributed by atoms with Crippen molar-refractivity contribution < 1.29 is 13.9 Å². The molecule has 0 saturated heterocycles. The molecule has 0 radical (unpaired) electrons. The normalized spacial score (nSPS) is 10.6. The maximum Gasteiger partial charge on any atom is 0.192 e. The van der Waals surface area contributed by atoms with Crippen LogP contribution in [0.4, 0.5) is 0 Å². The van der Waals surface area contributed by atoms with Crippen molar-refractivity contribution in [2.75, 3.05) is 6.61 Å². The second-order valence-corrected chi connectivity index (χ2v) is 4.74. The summed E-state index contributed by atoms with van der Waals surface area (Å²) < 4.78 is 16.5. The summed E-state index contributed by atoms with van der Waals surface area (Å²) in [5.74, 6) is 2.08. The Bertz CT molecular complexity index is 778. The van der Waals surface area contributed by atoms with Gasteiger partial charge < -0.3 is 13.9 Å². The summed E-state index contributed by atoms with van der Waals surface area (Å²) in [5, 5.41) is 0. The van der Waals surface area contributed by atoms with Gasteiger partial charge in [0.25, 0.3) is 0 Å². The topological polar surface area (TPSA) is 57.4 Å². The molecule has 22 heavy (non-hydrogen) atoms. The van der Waals surface area contributed by atoms with Gasteiger partial charge in [-0.3, -0.25) is 4.98 Å². The molecule has 0 bridgehead atoms. The van der Waals surface area contributed by atoms with Crippen molar-refractivity contribution in [3.63, 3.8) is 0 Å². The first-order chi connectivity index (χ1) is 10.7. The van der Waals surface area contributed by atoms with Gasteiger partial charge in [-0.25, -0.2) is 4.98 Å². The Labute approximate surface area is 128 Å². The minimum absolute atomic E-state index is 0.379. The minimum atomic E-state index is 0.379. The van der Waals surface area contributed by atoms with E-state index in [1.54, 1.807) is 12.3 Å². The summed E-state index contributed by atoms with van der Waals surface area (Å²) >= 11 is 0. The van der Waals surface area contributed by atoms with E-state index in [1.165, 1.54) is 0 Å². The maximum atomic E-state index is 5.73. The molecule has 112 valence electrons. The number of aromatic nitrogens is 2. The van der Waals surface area contributed by atoms with Gasteiger partial charge in [0.05, 0.1) is 11.9 Å². The summed E-state index contributed by atoms with van der Waals surface area (Å²) in [6.07, 6.45) is 3.37. The highest BCUT2D eigenvalue weighted by Crippen LogP contribution is 2.22. The fourth-order valence-electron chi connectivity index (χ4n) is 2.01. The molecule has 0 aliphatic heterocycles. The van der Waals surface area contributed by atoms with E-state index in [2.05, 4.69) is 16.5 Å². The van der Waals surface area contributed by atoms with Crippen molar-refractivity contribution in [1.82, 2.24) is 9.97 Å². The monoisotopic (exact) mass is 296 g/mol. The molecule has 2 heterocycles. The Hall–Kier alpha value is -2.82. The number of ether oxygens (including phenoxy) is 2. The zero-order valence-electron chi connectivity index (χ0n) is 12.3. The first kappa shape index (κ1) is 14.1. The lowest BCUT2D eigenvalue weighted by Gasteiger charge is -2.06. The molecular formula is C17H16N2O3. The number of benzene rings is 1. The molecule has 0 aliphatic rings. The zero-order chi connectivity index (χ0) is 15.4. The van der Waals surface area contributed by atoms with Gasteiger partial charge in [0.15, 0.2) is 11.5 Å². The average Bonchev–Trinajstić information content (AvgIpc) is 2.91. The molecule has 3 rings (SSSR count). The third-order valence-electron chi connectivity index (χ3n) is 3.02. The van der Waals surface area contributed by atoms with Crippen molar-refractivity contribution in [3.05, 3.63) is 60.8 Å². The predicted octanol–water partition coefficient (Wildman–Crippen LogP) is 3.68. The van der Waals surface area contributed by atoms with Crippen molar-refractivity contribution >= 4 is 11.1 Å². The van der Waals surface area contributed by atoms with E-state index in [-0.39, 0.29) is 0 Å². The second-order valence-electron chi connectivity index (χ2n) is 4.74. The summed E-state index contributed by atoms with van der Waals surface area (Å²) in [6, 6.07) is 9.29. The number of hydrogen-bond donors (Lipinski definition) is 0. The second kappa shape index (κ2) is 6.30. The molecule has 3 aromatic rings. The number of rotatable bonds is 6. The maximum absolute atomic E-state index is 5.73. The zero-order valence-corrected chi connectivity index (χ0v) is 12.3. The molecule has 0 N–H and O–H groups in total. The molecular weight excluding hydrogens is 280 g/mol. The van der Waals surface area contributed by atoms with Crippen molar-refractivity contribution in [2.24, 2.45) is 0 Å². The molecule has 0 aliphatic carbocycles. The summed E-state index contributed by atoms with van der Waals surface area (Å²) in [5.41, 5.74) is 2.37. The third kappa shape index (κ3) is 3.25. The van der Waals surface area contributed by atoms with E-state index in [9.17, 15) is 0 Å². The van der Waals surface area contributed by atoms with Crippen molar-refractivity contribution in [1.29, 1.82) is 0 Å². The van der Waals surface area contributed by atoms with Crippen LogP contribution in [0.3, 0.4) is 0 Å². The molecule has 2 aromatic heterocycles. The molecule has 0 atom stereocenters. The van der Waals surface area contributed by atoms with Crippen LogP contribution in [0.1, 0.15) is 11.6 Å². The molecule has 0 unspecified atom stereocenters. The lowest BCUT2D eigenvalue weighted by atomic mass is 10.3. The number of fused-ring (bicyclic) bond motifs is 1. The Morgan fingerprint density at radius 3 is 2.82 bits per heavy atom. The Kier molecular flexibility index (Phi) is 4.05. The van der Waals surface area contributed by atoms with Gasteiger partial charge in [0, 0.05) is 13.0 Å². The molecule has 5 heteroatoms. The Morgan fingerprint density at radius 1 is 1.18 bits per heavy atom. The van der Waals surface area contributed by atoms with Gasteiger partial charge in [-0.1, -0.05) is 12.7 Å². The van der Waals surface area contributed by atoms with Gasteiger partial charge in [0.1, 0.15) is 30.2 Å². The number of hydrogen-bond acceptors (Lipinski definition) is 5. The fourth-order valence-corrected chi connectivity index (χ4v) is 2.01. The lowest BCUT2D eigenvalue weighted by molar-refractivity contribution is 0.300. The Balaban J connectivity index is 1.64. The van der Waals surface area contributed by atoms with Crippen LogP contribution < -0.4 is 9.47 Å². The predicted molar refractivity (Wildman–Crippen MR) is 83.0 cm³/mol. The third-order valence-corrected chi connectivity index (χ3v) is 3.02. The fraction of sp³-hybridized carbons (Fsp3) is 0.176. The van der Waals surface area contributed by atoms with Gasteiger partial charge in [-0.05, 0) is 24.3 Å². The quantitative estimate of drug-likeness (QED) is 0.649. The van der Waals surface area contributed by atoms with E-state index in [4.69, 9.17) is 13.9 Å². The lowest BCUT2D eigenvalue weighted by Crippen LogP contribution is -1.99. The number of nitrogens with zero attached hydrogens (tertiary/aromatic N) is 2. The Morgan fingerprint density at radius 2 is 2.05 bits per heavy atom. The van der Waals surface area contributed by atoms with Crippen LogP contribution in [0.15, 0.2) is 53.6 Å². The summed E-state index contributed by atoms with van der Waals surface area (Å²) in [7, 11) is 0. The highest BCUT2D eigenvalue weighted by molar-refractivity contribution is 5.74. The van der Waals surface area contributed by atoms with Crippen LogP contribution in [-0.2, 0) is 6.61 Å². The number of aryl methyl sites for hydroxylation is 1. The van der Waals surface area contributed by atoms with Crippen LogP contribution in [0, 0.1) is 6.92 Å². The summed E-state index contributed by atoms with van der Waals surface area (Å²) in [4.78, 5) is 8.58. The van der Waals surface area contributed by atoms with Crippen LogP contribution in [0.25, 0.3) is 11.1 Å². The first-order valence-corrected chi connectivity index (χ1v) is 6.93. The number of pyridine rings is 1. The SMILES string of the molecule is C=CCOc1ccc(COc2ccc3oc(C)nc3c2)nc1. The van der Waals surface area contributed by atoms with Gasteiger partial charge in [-0.2, -0.15) is 0 Å². The average molecular weight is 296 g/mol. The van der Waals surface area contributed by atoms with E-state index >= 15 is 0 Å². The van der Waals surface area contributed by atoms with Crippen LogP contribution >= 0.6 is 0 Å². The van der Waals surface area contributed by atoms with Crippen molar-refractivity contribution in [2.45, 2.75) is 13.5 Å². The summed E-state index contributed by atoms with van der Waals surface area (Å²) in [6.45, 7) is 6.27. The molecule has 5 nitrogen and oxygen atoms in total. The van der Waals surface area contributed by atoms with Gasteiger partial charge in [-0.15, -0.1) is 0 Å². The van der Waals surface area contributed by atoms with E-state index in [0.29, 0.717) is 24.9 Å². The molecule has 0 amide bonds. The van der Waals surface area contributed by atoms with Crippen molar-refractivity contribution in [3.8, 4) is 11.5 Å². The molecule has 0 spiro atoms. The van der Waals surface area contributed by atoms with Crippen LogP contribution in [0.2, 0.25) is 0 Å².